The largest absolute Gasteiger partial charge is 0.395 e. The van der Waals surface area contributed by atoms with Crippen LogP contribution in [0.3, 0.4) is 0 Å². The highest BCUT2D eigenvalue weighted by Crippen LogP contribution is 2.34. The van der Waals surface area contributed by atoms with Crippen molar-refractivity contribution in [2.45, 2.75) is 25.6 Å². The molecule has 1 unspecified atom stereocenters. The van der Waals surface area contributed by atoms with E-state index < -0.39 is 6.10 Å². The maximum absolute atomic E-state index is 10.7. The molecule has 6 heteroatoms. The van der Waals surface area contributed by atoms with E-state index in [1.54, 1.807) is 12.4 Å². The lowest BCUT2D eigenvalue weighted by Gasteiger charge is -2.27. The standard InChI is InChI=1S/C20H22ClN3O2/c21-15-3-4-18-16(10-15)17-12-23(8-9-25)7-5-19(17)24(18)13-20(26)14-2-1-6-22-11-14/h1-4,6,10-11,20,25-26H,5,7-9,12-13H2. The number of benzene rings is 1. The summed E-state index contributed by atoms with van der Waals surface area (Å²) in [5, 5.41) is 21.8. The molecule has 0 amide bonds. The Morgan fingerprint density at radius 1 is 1.27 bits per heavy atom. The average molecular weight is 372 g/mol. The molecule has 26 heavy (non-hydrogen) atoms. The molecule has 136 valence electrons. The van der Waals surface area contributed by atoms with Crippen molar-refractivity contribution in [1.82, 2.24) is 14.5 Å². The Morgan fingerprint density at radius 2 is 2.15 bits per heavy atom. The van der Waals surface area contributed by atoms with Crippen molar-refractivity contribution >= 4 is 22.5 Å². The van der Waals surface area contributed by atoms with Gasteiger partial charge in [0, 0.05) is 65.6 Å². The van der Waals surface area contributed by atoms with Gasteiger partial charge in [0.05, 0.1) is 19.3 Å². The van der Waals surface area contributed by atoms with Gasteiger partial charge in [-0.2, -0.15) is 0 Å². The van der Waals surface area contributed by atoms with Crippen LogP contribution in [0, 0.1) is 0 Å². The van der Waals surface area contributed by atoms with Crippen LogP contribution in [-0.2, 0) is 19.5 Å². The number of hydrogen-bond acceptors (Lipinski definition) is 4. The minimum absolute atomic E-state index is 0.161. The topological polar surface area (TPSA) is 61.5 Å². The quantitative estimate of drug-likeness (QED) is 0.724. The minimum atomic E-state index is -0.616. The van der Waals surface area contributed by atoms with E-state index in [0.29, 0.717) is 18.1 Å². The summed E-state index contributed by atoms with van der Waals surface area (Å²) in [5.41, 5.74) is 4.41. The van der Waals surface area contributed by atoms with E-state index in [2.05, 4.69) is 14.5 Å². The van der Waals surface area contributed by atoms with Gasteiger partial charge >= 0.3 is 0 Å². The summed E-state index contributed by atoms with van der Waals surface area (Å²) < 4.78 is 2.22. The summed E-state index contributed by atoms with van der Waals surface area (Å²) in [6, 6.07) is 9.67. The number of halogens is 1. The number of hydrogen-bond donors (Lipinski definition) is 2. The molecule has 1 aromatic carbocycles. The first-order valence-corrected chi connectivity index (χ1v) is 9.26. The number of fused-ring (bicyclic) bond motifs is 3. The molecule has 0 bridgehead atoms. The fourth-order valence-corrected chi connectivity index (χ4v) is 4.04. The van der Waals surface area contributed by atoms with E-state index in [-0.39, 0.29) is 6.61 Å². The second-order valence-electron chi connectivity index (χ2n) is 6.75. The van der Waals surface area contributed by atoms with E-state index in [4.69, 9.17) is 11.6 Å². The van der Waals surface area contributed by atoms with E-state index in [9.17, 15) is 10.2 Å². The molecule has 5 nitrogen and oxygen atoms in total. The zero-order valence-corrected chi connectivity index (χ0v) is 15.2. The zero-order valence-electron chi connectivity index (χ0n) is 14.5. The van der Waals surface area contributed by atoms with E-state index in [1.807, 2.05) is 30.3 Å². The van der Waals surface area contributed by atoms with Crippen LogP contribution >= 0.6 is 11.6 Å². The molecule has 0 fully saturated rings. The lowest BCUT2D eigenvalue weighted by molar-refractivity contribution is 0.153. The van der Waals surface area contributed by atoms with Gasteiger partial charge in [0.25, 0.3) is 0 Å². The Labute approximate surface area is 157 Å². The molecule has 0 saturated carbocycles. The molecular weight excluding hydrogens is 350 g/mol. The summed E-state index contributed by atoms with van der Waals surface area (Å²) in [5.74, 6) is 0. The predicted octanol–water partition coefficient (Wildman–Crippen LogP) is 2.77. The highest BCUT2D eigenvalue weighted by molar-refractivity contribution is 6.31. The van der Waals surface area contributed by atoms with E-state index in [1.165, 1.54) is 11.3 Å². The van der Waals surface area contributed by atoms with Crippen LogP contribution in [0.4, 0.5) is 0 Å². The molecule has 2 N–H and O–H groups in total. The number of pyridine rings is 1. The lowest BCUT2D eigenvalue weighted by Crippen LogP contribution is -2.33. The molecule has 1 atom stereocenters. The van der Waals surface area contributed by atoms with Crippen molar-refractivity contribution < 1.29 is 10.2 Å². The fourth-order valence-electron chi connectivity index (χ4n) is 3.87. The summed E-state index contributed by atoms with van der Waals surface area (Å²) in [7, 11) is 0. The second-order valence-corrected chi connectivity index (χ2v) is 7.19. The van der Waals surface area contributed by atoms with Crippen molar-refractivity contribution in [2.24, 2.45) is 0 Å². The van der Waals surface area contributed by atoms with Crippen LogP contribution < -0.4 is 0 Å². The van der Waals surface area contributed by atoms with Crippen LogP contribution in [0.5, 0.6) is 0 Å². The molecule has 2 aromatic heterocycles. The SMILES string of the molecule is OCCN1CCc2c(c3cc(Cl)ccc3n2CC(O)c2cccnc2)C1. The first-order chi connectivity index (χ1) is 12.7. The van der Waals surface area contributed by atoms with Crippen molar-refractivity contribution in [3.63, 3.8) is 0 Å². The molecule has 0 radical (unpaired) electrons. The Kier molecular flexibility index (Phi) is 4.96. The molecule has 0 saturated heterocycles. The molecule has 3 heterocycles. The van der Waals surface area contributed by atoms with Gasteiger partial charge in [0.1, 0.15) is 0 Å². The van der Waals surface area contributed by atoms with Gasteiger partial charge in [-0.25, -0.2) is 0 Å². The van der Waals surface area contributed by atoms with Gasteiger partial charge in [-0.15, -0.1) is 0 Å². The van der Waals surface area contributed by atoms with Gasteiger partial charge < -0.3 is 14.8 Å². The van der Waals surface area contributed by atoms with Crippen molar-refractivity contribution in [2.75, 3.05) is 19.7 Å². The summed E-state index contributed by atoms with van der Waals surface area (Å²) in [4.78, 5) is 6.36. The lowest BCUT2D eigenvalue weighted by atomic mass is 10.0. The number of nitrogens with zero attached hydrogens (tertiary/aromatic N) is 3. The molecule has 1 aliphatic rings. The van der Waals surface area contributed by atoms with Crippen molar-refractivity contribution in [1.29, 1.82) is 0 Å². The Bertz CT molecular complexity index is 910. The number of β-amino-alcohol motifs (C(OH)–C–C–N with tert-alkyl or cyclic N) is 1. The fraction of sp³-hybridized carbons (Fsp3) is 0.350. The van der Waals surface area contributed by atoms with Crippen LogP contribution in [0.25, 0.3) is 10.9 Å². The first-order valence-electron chi connectivity index (χ1n) is 8.88. The Balaban J connectivity index is 1.75. The van der Waals surface area contributed by atoms with Crippen LogP contribution in [0.2, 0.25) is 5.02 Å². The minimum Gasteiger partial charge on any atom is -0.395 e. The highest BCUT2D eigenvalue weighted by atomic mass is 35.5. The number of aliphatic hydroxyl groups is 2. The number of aliphatic hydroxyl groups excluding tert-OH is 2. The number of rotatable bonds is 5. The summed E-state index contributed by atoms with van der Waals surface area (Å²) in [6.45, 7) is 3.02. The normalized spacial score (nSPS) is 16.0. The molecular formula is C20H22ClN3O2. The third-order valence-electron chi connectivity index (χ3n) is 5.14. The average Bonchev–Trinajstić information content (AvgIpc) is 2.95. The van der Waals surface area contributed by atoms with Gasteiger partial charge in [0.2, 0.25) is 0 Å². The number of aromatic nitrogens is 2. The molecule has 1 aliphatic heterocycles. The summed E-state index contributed by atoms with van der Waals surface area (Å²) >= 11 is 6.25. The van der Waals surface area contributed by atoms with Gasteiger partial charge in [-0.3, -0.25) is 9.88 Å². The monoisotopic (exact) mass is 371 g/mol. The van der Waals surface area contributed by atoms with Gasteiger partial charge in [0.15, 0.2) is 0 Å². The molecule has 4 rings (SSSR count). The Hall–Kier alpha value is -1.92. The Morgan fingerprint density at radius 3 is 2.92 bits per heavy atom. The molecule has 0 aliphatic carbocycles. The molecule has 0 spiro atoms. The zero-order chi connectivity index (χ0) is 18.1. The van der Waals surface area contributed by atoms with Crippen LogP contribution in [0.1, 0.15) is 22.9 Å². The maximum atomic E-state index is 10.7. The van der Waals surface area contributed by atoms with Crippen molar-refractivity contribution in [3.05, 3.63) is 64.6 Å². The highest BCUT2D eigenvalue weighted by Gasteiger charge is 2.25. The summed E-state index contributed by atoms with van der Waals surface area (Å²) in [6.07, 6.45) is 3.69. The van der Waals surface area contributed by atoms with Gasteiger partial charge in [-0.1, -0.05) is 17.7 Å². The molecule has 3 aromatic rings. The van der Waals surface area contributed by atoms with Gasteiger partial charge in [-0.05, 0) is 29.8 Å². The van der Waals surface area contributed by atoms with Crippen LogP contribution in [0.15, 0.2) is 42.7 Å². The first kappa shape index (κ1) is 17.5. The predicted molar refractivity (Wildman–Crippen MR) is 102 cm³/mol. The maximum Gasteiger partial charge on any atom is 0.0983 e. The van der Waals surface area contributed by atoms with Crippen LogP contribution in [-0.4, -0.2) is 44.4 Å². The van der Waals surface area contributed by atoms with E-state index >= 15 is 0 Å². The smallest absolute Gasteiger partial charge is 0.0983 e. The second kappa shape index (κ2) is 7.37. The third-order valence-corrected chi connectivity index (χ3v) is 5.37. The third kappa shape index (κ3) is 3.23. The van der Waals surface area contributed by atoms with E-state index in [0.717, 1.165) is 36.0 Å². The van der Waals surface area contributed by atoms with Crippen molar-refractivity contribution in [3.8, 4) is 0 Å².